The third kappa shape index (κ3) is 2.77. The van der Waals surface area contributed by atoms with E-state index in [9.17, 15) is 5.11 Å². The second-order valence-electron chi connectivity index (χ2n) is 5.33. The molecule has 0 bridgehead atoms. The van der Waals surface area contributed by atoms with Gasteiger partial charge in [-0.3, -0.25) is 4.98 Å². The van der Waals surface area contributed by atoms with Crippen LogP contribution < -0.4 is 5.32 Å². The predicted octanol–water partition coefficient (Wildman–Crippen LogP) is 2.63. The summed E-state index contributed by atoms with van der Waals surface area (Å²) in [7, 11) is 0. The van der Waals surface area contributed by atoms with Gasteiger partial charge in [0.25, 0.3) is 0 Å². The Hall–Kier alpha value is -1.45. The SMILES string of the molecule is OC1CCCCC1NCc1ccnc2ccccc12. The van der Waals surface area contributed by atoms with Crippen molar-refractivity contribution in [1.82, 2.24) is 10.3 Å². The molecule has 1 heterocycles. The van der Waals surface area contributed by atoms with E-state index in [1.807, 2.05) is 24.4 Å². The molecule has 0 amide bonds. The van der Waals surface area contributed by atoms with Gasteiger partial charge in [0.2, 0.25) is 0 Å². The highest BCUT2D eigenvalue weighted by Gasteiger charge is 2.22. The summed E-state index contributed by atoms with van der Waals surface area (Å²) in [6.07, 6.45) is 6.03. The van der Waals surface area contributed by atoms with Gasteiger partial charge in [-0.25, -0.2) is 0 Å². The van der Waals surface area contributed by atoms with E-state index in [0.717, 1.165) is 31.3 Å². The predicted molar refractivity (Wildman–Crippen MR) is 76.8 cm³/mol. The van der Waals surface area contributed by atoms with Crippen LogP contribution in [0.15, 0.2) is 36.5 Å². The molecule has 0 saturated heterocycles. The number of aromatic nitrogens is 1. The van der Waals surface area contributed by atoms with Crippen LogP contribution in [0.25, 0.3) is 10.9 Å². The van der Waals surface area contributed by atoms with E-state index in [4.69, 9.17) is 0 Å². The first-order valence-corrected chi connectivity index (χ1v) is 7.08. The van der Waals surface area contributed by atoms with Crippen molar-refractivity contribution in [2.45, 2.75) is 44.4 Å². The maximum Gasteiger partial charge on any atom is 0.0705 e. The molecule has 100 valence electrons. The molecule has 2 atom stereocenters. The van der Waals surface area contributed by atoms with Crippen molar-refractivity contribution in [1.29, 1.82) is 0 Å². The number of nitrogens with zero attached hydrogens (tertiary/aromatic N) is 1. The first-order chi connectivity index (χ1) is 9.34. The van der Waals surface area contributed by atoms with Gasteiger partial charge in [0.05, 0.1) is 11.6 Å². The lowest BCUT2D eigenvalue weighted by molar-refractivity contribution is 0.0903. The van der Waals surface area contributed by atoms with E-state index < -0.39 is 0 Å². The molecule has 3 heteroatoms. The second-order valence-corrected chi connectivity index (χ2v) is 5.33. The summed E-state index contributed by atoms with van der Waals surface area (Å²) < 4.78 is 0. The van der Waals surface area contributed by atoms with Gasteiger partial charge in [0, 0.05) is 24.2 Å². The number of nitrogens with one attached hydrogen (secondary N) is 1. The van der Waals surface area contributed by atoms with E-state index >= 15 is 0 Å². The maximum absolute atomic E-state index is 9.99. The zero-order valence-electron chi connectivity index (χ0n) is 11.0. The largest absolute Gasteiger partial charge is 0.392 e. The summed E-state index contributed by atoms with van der Waals surface area (Å²) in [5.74, 6) is 0. The van der Waals surface area contributed by atoms with E-state index in [1.165, 1.54) is 17.4 Å². The average molecular weight is 256 g/mol. The number of aliphatic hydroxyl groups excluding tert-OH is 1. The fourth-order valence-electron chi connectivity index (χ4n) is 2.90. The van der Waals surface area contributed by atoms with E-state index in [0.29, 0.717) is 0 Å². The first kappa shape index (κ1) is 12.6. The summed E-state index contributed by atoms with van der Waals surface area (Å²) in [6, 6.07) is 10.5. The number of hydrogen-bond donors (Lipinski definition) is 2. The summed E-state index contributed by atoms with van der Waals surface area (Å²) >= 11 is 0. The van der Waals surface area contributed by atoms with E-state index in [2.05, 4.69) is 22.4 Å². The number of fused-ring (bicyclic) bond motifs is 1. The highest BCUT2D eigenvalue weighted by Crippen LogP contribution is 2.20. The highest BCUT2D eigenvalue weighted by molar-refractivity contribution is 5.81. The summed E-state index contributed by atoms with van der Waals surface area (Å²) in [4.78, 5) is 4.37. The lowest BCUT2D eigenvalue weighted by Crippen LogP contribution is -2.41. The Morgan fingerprint density at radius 2 is 2.00 bits per heavy atom. The number of benzene rings is 1. The van der Waals surface area contributed by atoms with Gasteiger partial charge in [-0.05, 0) is 30.5 Å². The summed E-state index contributed by atoms with van der Waals surface area (Å²) in [6.45, 7) is 0.796. The van der Waals surface area contributed by atoms with Gasteiger partial charge >= 0.3 is 0 Å². The molecule has 19 heavy (non-hydrogen) atoms. The molecule has 3 rings (SSSR count). The molecule has 1 saturated carbocycles. The van der Waals surface area contributed by atoms with Crippen LogP contribution in [0.5, 0.6) is 0 Å². The number of pyridine rings is 1. The third-order valence-corrected chi connectivity index (χ3v) is 4.02. The van der Waals surface area contributed by atoms with Gasteiger partial charge in [-0.1, -0.05) is 31.0 Å². The van der Waals surface area contributed by atoms with Crippen LogP contribution in [0.1, 0.15) is 31.2 Å². The molecule has 2 N–H and O–H groups in total. The Morgan fingerprint density at radius 1 is 1.16 bits per heavy atom. The molecule has 3 nitrogen and oxygen atoms in total. The highest BCUT2D eigenvalue weighted by atomic mass is 16.3. The zero-order valence-corrected chi connectivity index (χ0v) is 11.0. The average Bonchev–Trinajstić information content (AvgIpc) is 2.46. The molecule has 1 aliphatic rings. The molecule has 1 aliphatic carbocycles. The lowest BCUT2D eigenvalue weighted by Gasteiger charge is -2.28. The number of para-hydroxylation sites is 1. The van der Waals surface area contributed by atoms with Crippen LogP contribution >= 0.6 is 0 Å². The van der Waals surface area contributed by atoms with Crippen molar-refractivity contribution < 1.29 is 5.11 Å². The van der Waals surface area contributed by atoms with Gasteiger partial charge < -0.3 is 10.4 Å². The molecule has 0 radical (unpaired) electrons. The van der Waals surface area contributed by atoms with Gasteiger partial charge in [-0.15, -0.1) is 0 Å². The standard InChI is InChI=1S/C16H20N2O/c19-16-8-4-3-7-15(16)18-11-12-9-10-17-14-6-2-1-5-13(12)14/h1-2,5-6,9-10,15-16,18-19H,3-4,7-8,11H2. The van der Waals surface area contributed by atoms with Crippen molar-refractivity contribution in [2.75, 3.05) is 0 Å². The zero-order chi connectivity index (χ0) is 13.1. The van der Waals surface area contributed by atoms with Crippen molar-refractivity contribution in [3.63, 3.8) is 0 Å². The van der Waals surface area contributed by atoms with E-state index in [1.54, 1.807) is 0 Å². The molecule has 0 aliphatic heterocycles. The van der Waals surface area contributed by atoms with Crippen molar-refractivity contribution in [2.24, 2.45) is 0 Å². The Labute approximate surface area is 113 Å². The van der Waals surface area contributed by atoms with Crippen LogP contribution in [0.2, 0.25) is 0 Å². The molecule has 0 spiro atoms. The Balaban J connectivity index is 1.74. The fraction of sp³-hybridized carbons (Fsp3) is 0.438. The van der Waals surface area contributed by atoms with E-state index in [-0.39, 0.29) is 12.1 Å². The third-order valence-electron chi connectivity index (χ3n) is 4.02. The molecule has 1 aromatic heterocycles. The lowest BCUT2D eigenvalue weighted by atomic mass is 9.92. The Kier molecular flexibility index (Phi) is 3.76. The topological polar surface area (TPSA) is 45.1 Å². The van der Waals surface area contributed by atoms with Crippen molar-refractivity contribution >= 4 is 10.9 Å². The minimum Gasteiger partial charge on any atom is -0.392 e. The molecule has 2 unspecified atom stereocenters. The molecular weight excluding hydrogens is 236 g/mol. The Morgan fingerprint density at radius 3 is 2.89 bits per heavy atom. The normalized spacial score (nSPS) is 23.6. The van der Waals surface area contributed by atoms with Crippen molar-refractivity contribution in [3.8, 4) is 0 Å². The fourth-order valence-corrected chi connectivity index (χ4v) is 2.90. The minimum absolute atomic E-state index is 0.193. The van der Waals surface area contributed by atoms with Crippen LogP contribution in [-0.2, 0) is 6.54 Å². The first-order valence-electron chi connectivity index (χ1n) is 7.08. The number of aliphatic hydroxyl groups is 1. The molecular formula is C16H20N2O. The molecule has 1 fully saturated rings. The Bertz CT molecular complexity index is 550. The summed E-state index contributed by atoms with van der Waals surface area (Å²) in [5.41, 5.74) is 2.29. The van der Waals surface area contributed by atoms with Crippen LogP contribution in [0.3, 0.4) is 0 Å². The van der Waals surface area contributed by atoms with Crippen LogP contribution in [-0.4, -0.2) is 22.2 Å². The number of hydrogen-bond acceptors (Lipinski definition) is 3. The van der Waals surface area contributed by atoms with Gasteiger partial charge in [-0.2, -0.15) is 0 Å². The van der Waals surface area contributed by atoms with Crippen LogP contribution in [0.4, 0.5) is 0 Å². The number of rotatable bonds is 3. The smallest absolute Gasteiger partial charge is 0.0705 e. The van der Waals surface area contributed by atoms with Gasteiger partial charge in [0.15, 0.2) is 0 Å². The second kappa shape index (κ2) is 5.68. The minimum atomic E-state index is -0.193. The maximum atomic E-state index is 9.99. The molecule has 2 aromatic rings. The van der Waals surface area contributed by atoms with Gasteiger partial charge in [0.1, 0.15) is 0 Å². The monoisotopic (exact) mass is 256 g/mol. The van der Waals surface area contributed by atoms with Crippen LogP contribution in [0, 0.1) is 0 Å². The van der Waals surface area contributed by atoms with Crippen molar-refractivity contribution in [3.05, 3.63) is 42.1 Å². The summed E-state index contributed by atoms with van der Waals surface area (Å²) in [5, 5.41) is 14.7. The quantitative estimate of drug-likeness (QED) is 0.887. The molecule has 1 aromatic carbocycles.